The molecule has 0 saturated heterocycles. The van der Waals surface area contributed by atoms with Crippen LogP contribution in [0.2, 0.25) is 0 Å². The molecular weight excluding hydrogens is 353 g/mol. The molecule has 1 aromatic heterocycles. The maximum Gasteiger partial charge on any atom is 0.265 e. The second-order valence-electron chi connectivity index (χ2n) is 5.72. The standard InChI is InChI=1S/C20H18FNO3S/c1-13-3-8-17(21)18(9-13)22-20(23)19-10-14(12-26-19)11-25-16-6-4-15(24-2)5-7-16/h3-10,12H,11H2,1-2H3,(H,22,23). The van der Waals surface area contributed by atoms with Gasteiger partial charge in [0, 0.05) is 5.56 Å². The molecule has 6 heteroatoms. The fraction of sp³-hybridized carbons (Fsp3) is 0.150. The van der Waals surface area contributed by atoms with E-state index in [1.54, 1.807) is 25.3 Å². The van der Waals surface area contributed by atoms with E-state index in [2.05, 4.69) is 5.32 Å². The lowest BCUT2D eigenvalue weighted by Gasteiger charge is -2.06. The SMILES string of the molecule is COc1ccc(OCc2csc(C(=O)Nc3cc(C)ccc3F)c2)cc1. The Morgan fingerprint density at radius 1 is 1.12 bits per heavy atom. The van der Waals surface area contributed by atoms with Crippen LogP contribution in [-0.2, 0) is 6.61 Å². The number of carbonyl (C=O) groups excluding carboxylic acids is 1. The summed E-state index contributed by atoms with van der Waals surface area (Å²) in [4.78, 5) is 12.8. The summed E-state index contributed by atoms with van der Waals surface area (Å²) in [5.74, 6) is 0.679. The molecule has 0 radical (unpaired) electrons. The average molecular weight is 371 g/mol. The van der Waals surface area contributed by atoms with Crippen molar-refractivity contribution >= 4 is 22.9 Å². The predicted molar refractivity (Wildman–Crippen MR) is 101 cm³/mol. The largest absolute Gasteiger partial charge is 0.497 e. The molecule has 3 aromatic rings. The number of nitrogens with one attached hydrogen (secondary N) is 1. The fourth-order valence-corrected chi connectivity index (χ4v) is 3.12. The zero-order valence-corrected chi connectivity index (χ0v) is 15.2. The third kappa shape index (κ3) is 4.40. The summed E-state index contributed by atoms with van der Waals surface area (Å²) in [6.45, 7) is 2.18. The van der Waals surface area contributed by atoms with Crippen LogP contribution in [0.25, 0.3) is 0 Å². The number of ether oxygens (including phenoxy) is 2. The number of halogens is 1. The molecule has 134 valence electrons. The number of hydrogen-bond acceptors (Lipinski definition) is 4. The molecule has 1 heterocycles. The monoisotopic (exact) mass is 371 g/mol. The van der Waals surface area contributed by atoms with Crippen LogP contribution in [0.5, 0.6) is 11.5 Å². The highest BCUT2D eigenvalue weighted by Crippen LogP contribution is 2.22. The molecule has 2 aromatic carbocycles. The molecule has 26 heavy (non-hydrogen) atoms. The first kappa shape index (κ1) is 17.9. The van der Waals surface area contributed by atoms with Crippen LogP contribution in [0.3, 0.4) is 0 Å². The van der Waals surface area contributed by atoms with Crippen LogP contribution < -0.4 is 14.8 Å². The molecule has 0 unspecified atom stereocenters. The normalized spacial score (nSPS) is 10.4. The quantitative estimate of drug-likeness (QED) is 0.661. The van der Waals surface area contributed by atoms with Gasteiger partial charge < -0.3 is 14.8 Å². The summed E-state index contributed by atoms with van der Waals surface area (Å²) >= 11 is 1.29. The average Bonchev–Trinajstić information content (AvgIpc) is 3.12. The number of hydrogen-bond donors (Lipinski definition) is 1. The molecule has 0 aliphatic heterocycles. The minimum absolute atomic E-state index is 0.180. The first-order valence-electron chi connectivity index (χ1n) is 7.97. The van der Waals surface area contributed by atoms with Gasteiger partial charge in [-0.2, -0.15) is 0 Å². The second-order valence-corrected chi connectivity index (χ2v) is 6.63. The van der Waals surface area contributed by atoms with E-state index in [1.165, 1.54) is 17.4 Å². The molecule has 0 saturated carbocycles. The van der Waals surface area contributed by atoms with Crippen LogP contribution in [0.4, 0.5) is 10.1 Å². The number of aryl methyl sites for hydroxylation is 1. The van der Waals surface area contributed by atoms with Gasteiger partial charge in [-0.05, 0) is 60.3 Å². The van der Waals surface area contributed by atoms with Crippen molar-refractivity contribution in [2.75, 3.05) is 12.4 Å². The van der Waals surface area contributed by atoms with E-state index in [-0.39, 0.29) is 11.6 Å². The van der Waals surface area contributed by atoms with Gasteiger partial charge in [-0.25, -0.2) is 4.39 Å². The van der Waals surface area contributed by atoms with E-state index in [1.807, 2.05) is 36.6 Å². The summed E-state index contributed by atoms with van der Waals surface area (Å²) in [6.07, 6.45) is 0. The van der Waals surface area contributed by atoms with Crippen molar-refractivity contribution in [3.63, 3.8) is 0 Å². The van der Waals surface area contributed by atoms with Gasteiger partial charge in [-0.1, -0.05) is 6.07 Å². The highest BCUT2D eigenvalue weighted by molar-refractivity contribution is 7.12. The molecule has 0 spiro atoms. The van der Waals surface area contributed by atoms with Gasteiger partial charge in [-0.3, -0.25) is 4.79 Å². The number of amides is 1. The molecule has 0 aliphatic carbocycles. The van der Waals surface area contributed by atoms with E-state index in [0.29, 0.717) is 17.2 Å². The third-order valence-electron chi connectivity index (χ3n) is 3.71. The number of carbonyl (C=O) groups is 1. The van der Waals surface area contributed by atoms with Crippen LogP contribution in [-0.4, -0.2) is 13.0 Å². The Hall–Kier alpha value is -2.86. The zero-order valence-electron chi connectivity index (χ0n) is 14.4. The Labute approximate surface area is 155 Å². The highest BCUT2D eigenvalue weighted by atomic mass is 32.1. The maximum atomic E-state index is 13.8. The Balaban J connectivity index is 1.61. The van der Waals surface area contributed by atoms with Crippen molar-refractivity contribution in [2.24, 2.45) is 0 Å². The Morgan fingerprint density at radius 3 is 2.58 bits per heavy atom. The van der Waals surface area contributed by atoms with Crippen LogP contribution in [0.15, 0.2) is 53.9 Å². The first-order chi connectivity index (χ1) is 12.5. The predicted octanol–water partition coefficient (Wildman–Crippen LogP) is 5.04. The Morgan fingerprint density at radius 2 is 1.85 bits per heavy atom. The fourth-order valence-electron chi connectivity index (χ4n) is 2.33. The molecular formula is C20H18FNO3S. The van der Waals surface area contributed by atoms with Crippen LogP contribution >= 0.6 is 11.3 Å². The van der Waals surface area contributed by atoms with Gasteiger partial charge in [-0.15, -0.1) is 11.3 Å². The summed E-state index contributed by atoms with van der Waals surface area (Å²) < 4.78 is 24.6. The molecule has 0 bridgehead atoms. The van der Waals surface area contributed by atoms with Crippen molar-refractivity contribution in [3.8, 4) is 11.5 Å². The maximum absolute atomic E-state index is 13.8. The van der Waals surface area contributed by atoms with Gasteiger partial charge in [0.1, 0.15) is 23.9 Å². The van der Waals surface area contributed by atoms with Gasteiger partial charge in [0.2, 0.25) is 0 Å². The Bertz CT molecular complexity index is 906. The smallest absolute Gasteiger partial charge is 0.265 e. The molecule has 0 fully saturated rings. The van der Waals surface area contributed by atoms with E-state index >= 15 is 0 Å². The van der Waals surface area contributed by atoms with E-state index in [9.17, 15) is 9.18 Å². The minimum Gasteiger partial charge on any atom is -0.497 e. The minimum atomic E-state index is -0.455. The summed E-state index contributed by atoms with van der Waals surface area (Å²) in [6, 6.07) is 13.6. The topological polar surface area (TPSA) is 47.6 Å². The summed E-state index contributed by atoms with van der Waals surface area (Å²) in [5, 5.41) is 4.46. The van der Waals surface area contributed by atoms with Gasteiger partial charge in [0.25, 0.3) is 5.91 Å². The second kappa shape index (κ2) is 8.01. The molecule has 1 amide bonds. The molecule has 3 rings (SSSR count). The van der Waals surface area contributed by atoms with Gasteiger partial charge in [0.15, 0.2) is 0 Å². The van der Waals surface area contributed by atoms with E-state index in [0.717, 1.165) is 16.9 Å². The number of methoxy groups -OCH3 is 1. The van der Waals surface area contributed by atoms with Crippen molar-refractivity contribution < 1.29 is 18.7 Å². The van der Waals surface area contributed by atoms with Gasteiger partial charge >= 0.3 is 0 Å². The van der Waals surface area contributed by atoms with Crippen LogP contribution in [0.1, 0.15) is 20.8 Å². The number of rotatable bonds is 6. The van der Waals surface area contributed by atoms with Crippen molar-refractivity contribution in [1.29, 1.82) is 0 Å². The van der Waals surface area contributed by atoms with Crippen LogP contribution in [0, 0.1) is 12.7 Å². The first-order valence-corrected chi connectivity index (χ1v) is 8.85. The number of anilines is 1. The number of thiophene rings is 1. The summed E-state index contributed by atoms with van der Waals surface area (Å²) in [5.41, 5.74) is 1.93. The molecule has 4 nitrogen and oxygen atoms in total. The van der Waals surface area contributed by atoms with Crippen molar-refractivity contribution in [1.82, 2.24) is 0 Å². The lowest BCUT2D eigenvalue weighted by Crippen LogP contribution is -2.11. The zero-order chi connectivity index (χ0) is 18.5. The van der Waals surface area contributed by atoms with E-state index < -0.39 is 5.82 Å². The van der Waals surface area contributed by atoms with Crippen molar-refractivity contribution in [2.45, 2.75) is 13.5 Å². The molecule has 0 aliphatic rings. The molecule has 0 atom stereocenters. The molecule has 1 N–H and O–H groups in total. The summed E-state index contributed by atoms with van der Waals surface area (Å²) in [7, 11) is 1.61. The number of benzene rings is 2. The van der Waals surface area contributed by atoms with Gasteiger partial charge in [0.05, 0.1) is 17.7 Å². The third-order valence-corrected chi connectivity index (χ3v) is 4.69. The highest BCUT2D eigenvalue weighted by Gasteiger charge is 2.12. The lowest BCUT2D eigenvalue weighted by atomic mass is 10.2. The lowest BCUT2D eigenvalue weighted by molar-refractivity contribution is 0.103. The van der Waals surface area contributed by atoms with Crippen molar-refractivity contribution in [3.05, 3.63) is 75.7 Å². The van der Waals surface area contributed by atoms with E-state index in [4.69, 9.17) is 9.47 Å². The Kier molecular flexibility index (Phi) is 5.53.